The third kappa shape index (κ3) is 3.54. The molecule has 0 saturated heterocycles. The van der Waals surface area contributed by atoms with Gasteiger partial charge in [0.25, 0.3) is 5.91 Å². The minimum Gasteiger partial charge on any atom is -0.267 e. The van der Waals surface area contributed by atoms with E-state index in [4.69, 9.17) is 0 Å². The monoisotopic (exact) mass is 266 g/mol. The van der Waals surface area contributed by atoms with E-state index >= 15 is 0 Å². The number of benzene rings is 2. The molecule has 0 bridgehead atoms. The summed E-state index contributed by atoms with van der Waals surface area (Å²) >= 11 is 0. The topological polar surface area (TPSA) is 41.5 Å². The zero-order valence-electron chi connectivity index (χ0n) is 12.0. The van der Waals surface area contributed by atoms with Crippen LogP contribution in [0.25, 0.3) is 0 Å². The summed E-state index contributed by atoms with van der Waals surface area (Å²) in [5, 5.41) is 4.16. The van der Waals surface area contributed by atoms with E-state index in [0.717, 1.165) is 16.8 Å². The third-order valence-corrected chi connectivity index (χ3v) is 3.04. The fourth-order valence-electron chi connectivity index (χ4n) is 1.92. The molecule has 0 fully saturated rings. The molecule has 0 aliphatic heterocycles. The van der Waals surface area contributed by atoms with Gasteiger partial charge in [-0.1, -0.05) is 47.5 Å². The normalized spacial score (nSPS) is 11.2. The fraction of sp³-hybridized carbons (Fsp3) is 0.176. The van der Waals surface area contributed by atoms with Gasteiger partial charge in [-0.15, -0.1) is 0 Å². The van der Waals surface area contributed by atoms with Gasteiger partial charge >= 0.3 is 0 Å². The zero-order chi connectivity index (χ0) is 14.5. The van der Waals surface area contributed by atoms with Gasteiger partial charge in [0.2, 0.25) is 0 Å². The van der Waals surface area contributed by atoms with E-state index in [1.165, 1.54) is 5.56 Å². The molecule has 0 spiro atoms. The SMILES string of the molecule is CC(=NNC(=O)c1cccc(C)c1)c1cccc(C)c1. The molecule has 3 heteroatoms. The van der Waals surface area contributed by atoms with Gasteiger partial charge in [-0.2, -0.15) is 5.10 Å². The first-order valence-corrected chi connectivity index (χ1v) is 6.54. The van der Waals surface area contributed by atoms with Crippen molar-refractivity contribution < 1.29 is 4.79 Å². The summed E-state index contributed by atoms with van der Waals surface area (Å²) in [5.41, 5.74) is 7.23. The van der Waals surface area contributed by atoms with Crippen LogP contribution in [-0.4, -0.2) is 11.6 Å². The number of hydrogen-bond donors (Lipinski definition) is 1. The Kier molecular flexibility index (Phi) is 4.31. The molecule has 0 heterocycles. The summed E-state index contributed by atoms with van der Waals surface area (Å²) in [7, 11) is 0. The third-order valence-electron chi connectivity index (χ3n) is 3.04. The van der Waals surface area contributed by atoms with Gasteiger partial charge in [0, 0.05) is 5.56 Å². The van der Waals surface area contributed by atoms with Crippen LogP contribution in [0.3, 0.4) is 0 Å². The molecule has 0 radical (unpaired) electrons. The largest absolute Gasteiger partial charge is 0.271 e. The quantitative estimate of drug-likeness (QED) is 0.671. The summed E-state index contributed by atoms with van der Waals surface area (Å²) in [6.07, 6.45) is 0. The van der Waals surface area contributed by atoms with Gasteiger partial charge in [-0.05, 0) is 38.5 Å². The Hall–Kier alpha value is -2.42. The number of rotatable bonds is 3. The average Bonchev–Trinajstić information content (AvgIpc) is 2.44. The van der Waals surface area contributed by atoms with Gasteiger partial charge in [0.15, 0.2) is 0 Å². The molecule has 0 aliphatic rings. The molecule has 0 aromatic heterocycles. The molecule has 2 rings (SSSR count). The number of aryl methyl sites for hydroxylation is 2. The van der Waals surface area contributed by atoms with E-state index in [1.54, 1.807) is 6.07 Å². The number of nitrogens with zero attached hydrogens (tertiary/aromatic N) is 1. The minimum absolute atomic E-state index is 0.194. The Morgan fingerprint density at radius 2 is 1.50 bits per heavy atom. The van der Waals surface area contributed by atoms with E-state index in [-0.39, 0.29) is 5.91 Å². The second-order valence-corrected chi connectivity index (χ2v) is 4.88. The Morgan fingerprint density at radius 1 is 0.950 bits per heavy atom. The van der Waals surface area contributed by atoms with Crippen molar-refractivity contribution in [3.05, 3.63) is 70.8 Å². The first kappa shape index (κ1) is 14.0. The van der Waals surface area contributed by atoms with E-state index in [2.05, 4.69) is 10.5 Å². The predicted molar refractivity (Wildman–Crippen MR) is 82.0 cm³/mol. The van der Waals surface area contributed by atoms with E-state index in [1.807, 2.05) is 63.2 Å². The van der Waals surface area contributed by atoms with E-state index in [9.17, 15) is 4.79 Å². The molecule has 2 aromatic rings. The molecular weight excluding hydrogens is 248 g/mol. The van der Waals surface area contributed by atoms with E-state index < -0.39 is 0 Å². The van der Waals surface area contributed by atoms with Gasteiger partial charge in [-0.25, -0.2) is 5.43 Å². The number of amides is 1. The van der Waals surface area contributed by atoms with Crippen molar-refractivity contribution in [2.24, 2.45) is 5.10 Å². The molecule has 1 amide bonds. The highest BCUT2D eigenvalue weighted by molar-refractivity contribution is 6.00. The van der Waals surface area contributed by atoms with Gasteiger partial charge in [-0.3, -0.25) is 4.79 Å². The number of carbonyl (C=O) groups excluding carboxylic acids is 1. The molecular formula is C17H18N2O. The lowest BCUT2D eigenvalue weighted by atomic mass is 10.1. The first-order valence-electron chi connectivity index (χ1n) is 6.54. The van der Waals surface area contributed by atoms with Crippen LogP contribution in [0.2, 0.25) is 0 Å². The van der Waals surface area contributed by atoms with Gasteiger partial charge in [0.05, 0.1) is 5.71 Å². The standard InChI is InChI=1S/C17H18N2O/c1-12-6-4-8-15(10-12)14(3)18-19-17(20)16-9-5-7-13(2)11-16/h4-11H,1-3H3,(H,19,20). The van der Waals surface area contributed by atoms with Crippen molar-refractivity contribution in [1.82, 2.24) is 5.43 Å². The maximum Gasteiger partial charge on any atom is 0.271 e. The highest BCUT2D eigenvalue weighted by Gasteiger charge is 2.04. The first-order chi connectivity index (χ1) is 9.56. The van der Waals surface area contributed by atoms with Gasteiger partial charge < -0.3 is 0 Å². The van der Waals surface area contributed by atoms with Crippen LogP contribution in [0.4, 0.5) is 0 Å². The van der Waals surface area contributed by atoms with Crippen molar-refractivity contribution in [1.29, 1.82) is 0 Å². The Bertz CT molecular complexity index is 660. The molecule has 1 N–H and O–H groups in total. The van der Waals surface area contributed by atoms with Crippen LogP contribution in [0, 0.1) is 13.8 Å². The van der Waals surface area contributed by atoms with Crippen LogP contribution < -0.4 is 5.43 Å². The Morgan fingerprint density at radius 3 is 2.10 bits per heavy atom. The summed E-state index contributed by atoms with van der Waals surface area (Å²) in [6.45, 7) is 5.87. The second kappa shape index (κ2) is 6.15. The van der Waals surface area contributed by atoms with E-state index in [0.29, 0.717) is 5.56 Å². The average molecular weight is 266 g/mol. The summed E-state index contributed by atoms with van der Waals surface area (Å²) < 4.78 is 0. The molecule has 0 atom stereocenters. The van der Waals surface area contributed by atoms with Crippen LogP contribution in [0.15, 0.2) is 53.6 Å². The zero-order valence-corrected chi connectivity index (χ0v) is 12.0. The molecule has 0 saturated carbocycles. The number of nitrogens with one attached hydrogen (secondary N) is 1. The summed E-state index contributed by atoms with van der Waals surface area (Å²) in [5.74, 6) is -0.194. The lowest BCUT2D eigenvalue weighted by Gasteiger charge is -2.04. The Balaban J connectivity index is 2.11. The molecule has 102 valence electrons. The smallest absolute Gasteiger partial charge is 0.267 e. The van der Waals surface area contributed by atoms with Crippen LogP contribution in [0.1, 0.15) is 34.0 Å². The van der Waals surface area contributed by atoms with Crippen LogP contribution in [0.5, 0.6) is 0 Å². The van der Waals surface area contributed by atoms with Crippen molar-refractivity contribution in [2.45, 2.75) is 20.8 Å². The molecule has 3 nitrogen and oxygen atoms in total. The van der Waals surface area contributed by atoms with Crippen molar-refractivity contribution in [3.8, 4) is 0 Å². The summed E-state index contributed by atoms with van der Waals surface area (Å²) in [4.78, 5) is 12.0. The maximum atomic E-state index is 12.0. The maximum absolute atomic E-state index is 12.0. The van der Waals surface area contributed by atoms with Crippen molar-refractivity contribution >= 4 is 11.6 Å². The van der Waals surface area contributed by atoms with Crippen molar-refractivity contribution in [3.63, 3.8) is 0 Å². The van der Waals surface area contributed by atoms with Crippen LogP contribution >= 0.6 is 0 Å². The number of carbonyl (C=O) groups is 1. The lowest BCUT2D eigenvalue weighted by molar-refractivity contribution is 0.0954. The molecule has 20 heavy (non-hydrogen) atoms. The minimum atomic E-state index is -0.194. The highest BCUT2D eigenvalue weighted by atomic mass is 16.2. The number of hydrazone groups is 1. The molecule has 2 aromatic carbocycles. The predicted octanol–water partition coefficient (Wildman–Crippen LogP) is 3.46. The van der Waals surface area contributed by atoms with Gasteiger partial charge in [0.1, 0.15) is 0 Å². The molecule has 0 aliphatic carbocycles. The summed E-state index contributed by atoms with van der Waals surface area (Å²) in [6, 6.07) is 15.5. The van der Waals surface area contributed by atoms with Crippen LogP contribution in [-0.2, 0) is 0 Å². The van der Waals surface area contributed by atoms with Crippen molar-refractivity contribution in [2.75, 3.05) is 0 Å². The second-order valence-electron chi connectivity index (χ2n) is 4.88. The lowest BCUT2D eigenvalue weighted by Crippen LogP contribution is -2.19. The Labute approximate surface area is 119 Å². The molecule has 0 unspecified atom stereocenters. The fourth-order valence-corrected chi connectivity index (χ4v) is 1.92. The number of hydrogen-bond acceptors (Lipinski definition) is 2. The highest BCUT2D eigenvalue weighted by Crippen LogP contribution is 2.06.